The summed E-state index contributed by atoms with van der Waals surface area (Å²) in [5.74, 6) is -1.58. The Bertz CT molecular complexity index is 1940. The van der Waals surface area contributed by atoms with Crippen molar-refractivity contribution in [3.63, 3.8) is 0 Å². The lowest BCUT2D eigenvalue weighted by Crippen LogP contribution is -2.66. The Balaban J connectivity index is 1.46. The predicted molar refractivity (Wildman–Crippen MR) is 199 cm³/mol. The van der Waals surface area contributed by atoms with E-state index < -0.39 is 41.3 Å². The molecule has 7 N–H and O–H groups in total. The van der Waals surface area contributed by atoms with Crippen LogP contribution in [0.1, 0.15) is 55.5 Å². The molecule has 5 rings (SSSR count). The van der Waals surface area contributed by atoms with Gasteiger partial charge in [-0.05, 0) is 84.7 Å². The van der Waals surface area contributed by atoms with Crippen LogP contribution in [0.25, 0.3) is 10.9 Å². The Morgan fingerprint density at radius 1 is 1.10 bits per heavy atom. The van der Waals surface area contributed by atoms with Crippen LogP contribution < -0.4 is 21.7 Å². The Labute approximate surface area is 310 Å². The molecule has 1 heterocycles. The Morgan fingerprint density at radius 3 is 2.53 bits per heavy atom. The number of benzene rings is 3. The van der Waals surface area contributed by atoms with Gasteiger partial charge in [0, 0.05) is 22.5 Å². The van der Waals surface area contributed by atoms with Crippen molar-refractivity contribution < 1.29 is 28.6 Å². The zero-order valence-electron chi connectivity index (χ0n) is 28.2. The molecule has 4 aromatic rings. The smallest absolute Gasteiger partial charge is 0.408 e. The molecule has 10 nitrogen and oxygen atoms in total. The molecule has 1 aliphatic carbocycles. The van der Waals surface area contributed by atoms with E-state index in [4.69, 9.17) is 45.9 Å². The lowest BCUT2D eigenvalue weighted by atomic mass is 9.78. The summed E-state index contributed by atoms with van der Waals surface area (Å²) in [4.78, 5) is 45.3. The molecule has 1 aliphatic rings. The van der Waals surface area contributed by atoms with Crippen molar-refractivity contribution >= 4 is 69.2 Å². The zero-order chi connectivity index (χ0) is 36.9. The van der Waals surface area contributed by atoms with Gasteiger partial charge in [0.2, 0.25) is 11.8 Å². The molecule has 0 spiro atoms. The number of phenolic OH excluding ortho intramolecular Hbond substituents is 1. The van der Waals surface area contributed by atoms with E-state index >= 15 is 0 Å². The standard InChI is InChI=1S/C37H40Cl2FN5O5S/c1-3-20(2)31(33(41)51)44-35(48)37(14-13-29-27(18-37)26-16-23(38)17-28(39)32(26)42-29)45-34(47)30(12-9-21-7-10-25(46)11-8-21)43-36(49)50-19-22-5-4-6-24(40)15-22/h4-8,10-11,15-17,20,30-31,42,46H,3,9,12-14,18-19H2,1-2H3,(H2,41,51)(H,43,49)(H,44,48)(H,45,47)/t20-,30-,31?,37+/m0/s1. The molecule has 1 unspecified atom stereocenters. The average molecular weight is 757 g/mol. The van der Waals surface area contributed by atoms with Crippen LogP contribution in [0, 0.1) is 11.7 Å². The first-order valence-corrected chi connectivity index (χ1v) is 17.8. The van der Waals surface area contributed by atoms with E-state index in [0.717, 1.165) is 22.2 Å². The van der Waals surface area contributed by atoms with Crippen LogP contribution >= 0.6 is 35.4 Å². The molecular weight excluding hydrogens is 716 g/mol. The minimum absolute atomic E-state index is 0.0792. The van der Waals surface area contributed by atoms with Gasteiger partial charge in [0.05, 0.1) is 21.6 Å². The van der Waals surface area contributed by atoms with Crippen molar-refractivity contribution in [3.8, 4) is 5.75 Å². The van der Waals surface area contributed by atoms with Gasteiger partial charge in [0.15, 0.2) is 0 Å². The number of rotatable bonds is 13. The van der Waals surface area contributed by atoms with Crippen LogP contribution in [0.5, 0.6) is 5.75 Å². The molecule has 1 aromatic heterocycles. The highest BCUT2D eigenvalue weighted by molar-refractivity contribution is 7.80. The van der Waals surface area contributed by atoms with Crippen molar-refractivity contribution in [2.45, 2.75) is 76.6 Å². The zero-order valence-corrected chi connectivity index (χ0v) is 30.5. The number of nitrogens with two attached hydrogens (primary N) is 1. The third kappa shape index (κ3) is 9.10. The van der Waals surface area contributed by atoms with E-state index in [0.29, 0.717) is 40.4 Å². The van der Waals surface area contributed by atoms with Crippen LogP contribution in [-0.4, -0.2) is 50.6 Å². The maximum atomic E-state index is 14.5. The number of alkyl carbamates (subject to hydrolysis) is 1. The number of carbonyl (C=O) groups excluding carboxylic acids is 3. The van der Waals surface area contributed by atoms with Gasteiger partial charge in [-0.2, -0.15) is 0 Å². The summed E-state index contributed by atoms with van der Waals surface area (Å²) in [5, 5.41) is 20.0. The molecule has 4 atom stereocenters. The number of fused-ring (bicyclic) bond motifs is 3. The lowest BCUT2D eigenvalue weighted by Gasteiger charge is -2.39. The highest BCUT2D eigenvalue weighted by Crippen LogP contribution is 2.38. The number of H-pyrrole nitrogens is 1. The summed E-state index contributed by atoms with van der Waals surface area (Å²) < 4.78 is 19.1. The van der Waals surface area contributed by atoms with Crippen molar-refractivity contribution in [3.05, 3.63) is 98.9 Å². The number of aromatic hydroxyl groups is 1. The number of hydrogen-bond acceptors (Lipinski definition) is 6. The number of aryl methyl sites for hydroxylation is 2. The molecule has 0 saturated heterocycles. The third-order valence-corrected chi connectivity index (χ3v) is 10.2. The number of nitrogens with one attached hydrogen (secondary N) is 4. The quantitative estimate of drug-likeness (QED) is 0.0861. The summed E-state index contributed by atoms with van der Waals surface area (Å²) in [6.45, 7) is 3.66. The molecule has 0 aliphatic heterocycles. The van der Waals surface area contributed by atoms with Crippen LogP contribution in [-0.2, 0) is 40.2 Å². The van der Waals surface area contributed by atoms with Gasteiger partial charge in [-0.15, -0.1) is 0 Å². The molecule has 3 amide bonds. The number of phenols is 1. The molecule has 270 valence electrons. The number of aromatic amines is 1. The second-order valence-electron chi connectivity index (χ2n) is 13.0. The molecule has 0 radical (unpaired) electrons. The van der Waals surface area contributed by atoms with Crippen LogP contribution in [0.15, 0.2) is 60.7 Å². The lowest BCUT2D eigenvalue weighted by molar-refractivity contribution is -0.135. The Morgan fingerprint density at radius 2 is 1.84 bits per heavy atom. The fraction of sp³-hybridized carbons (Fsp3) is 0.351. The van der Waals surface area contributed by atoms with Gasteiger partial charge in [-0.3, -0.25) is 9.59 Å². The minimum Gasteiger partial charge on any atom is -0.508 e. The molecule has 0 saturated carbocycles. The second-order valence-corrected chi connectivity index (χ2v) is 14.3. The molecule has 14 heteroatoms. The van der Waals surface area contributed by atoms with Gasteiger partial charge >= 0.3 is 6.09 Å². The van der Waals surface area contributed by atoms with E-state index in [-0.39, 0.29) is 42.5 Å². The summed E-state index contributed by atoms with van der Waals surface area (Å²) in [6, 6.07) is 13.7. The van der Waals surface area contributed by atoms with Crippen LogP contribution in [0.3, 0.4) is 0 Å². The van der Waals surface area contributed by atoms with Gasteiger partial charge in [-0.1, -0.05) is 80.0 Å². The summed E-state index contributed by atoms with van der Waals surface area (Å²) in [5.41, 5.74) is 8.13. The summed E-state index contributed by atoms with van der Waals surface area (Å²) >= 11 is 18.3. The minimum atomic E-state index is -1.49. The maximum absolute atomic E-state index is 14.5. The van der Waals surface area contributed by atoms with Gasteiger partial charge in [0.25, 0.3) is 0 Å². The first kappa shape index (κ1) is 37.9. The number of hydrogen-bond donors (Lipinski definition) is 6. The Hall–Kier alpha value is -4.39. The fourth-order valence-corrected chi connectivity index (χ4v) is 7.19. The van der Waals surface area contributed by atoms with Crippen LogP contribution in [0.2, 0.25) is 10.0 Å². The number of halogens is 3. The van der Waals surface area contributed by atoms with Crippen molar-refractivity contribution in [2.75, 3.05) is 0 Å². The molecule has 3 aromatic carbocycles. The van der Waals surface area contributed by atoms with Gasteiger partial charge in [0.1, 0.15) is 29.8 Å². The molecular formula is C37H40Cl2FN5O5S. The average Bonchev–Trinajstić information content (AvgIpc) is 3.46. The summed E-state index contributed by atoms with van der Waals surface area (Å²) in [6.07, 6.45) is 0.907. The largest absolute Gasteiger partial charge is 0.508 e. The topological polar surface area (TPSA) is 159 Å². The Kier molecular flexibility index (Phi) is 12.1. The highest BCUT2D eigenvalue weighted by atomic mass is 35.5. The van der Waals surface area contributed by atoms with E-state index in [1.807, 2.05) is 13.8 Å². The predicted octanol–water partition coefficient (Wildman–Crippen LogP) is 6.41. The molecule has 0 bridgehead atoms. The third-order valence-electron chi connectivity index (χ3n) is 9.43. The van der Waals surface area contributed by atoms with Crippen molar-refractivity contribution in [1.82, 2.24) is 20.9 Å². The second kappa shape index (κ2) is 16.3. The summed E-state index contributed by atoms with van der Waals surface area (Å²) in [7, 11) is 0. The highest BCUT2D eigenvalue weighted by Gasteiger charge is 2.46. The number of amides is 3. The van der Waals surface area contributed by atoms with Crippen LogP contribution in [0.4, 0.5) is 9.18 Å². The van der Waals surface area contributed by atoms with E-state index in [2.05, 4.69) is 20.9 Å². The van der Waals surface area contributed by atoms with E-state index in [1.54, 1.807) is 30.3 Å². The molecule has 51 heavy (non-hydrogen) atoms. The fourth-order valence-electron chi connectivity index (χ4n) is 6.36. The van der Waals surface area contributed by atoms with E-state index in [1.165, 1.54) is 30.3 Å². The first-order valence-electron chi connectivity index (χ1n) is 16.6. The number of ether oxygens (including phenoxy) is 1. The normalized spacial score (nSPS) is 17.1. The number of carbonyl (C=O) groups is 3. The maximum Gasteiger partial charge on any atom is 0.408 e. The SMILES string of the molecule is CC[C@H](C)C(NC(=O)[C@@]1(NC(=O)[C@H](CCc2ccc(O)cc2)NC(=O)OCc2cccc(F)c2)CCc2[nH]c3c(Cl)cc(Cl)cc3c2C1)C(N)=S. The molecule has 0 fully saturated rings. The van der Waals surface area contributed by atoms with Gasteiger partial charge in [-0.25, -0.2) is 9.18 Å². The van der Waals surface area contributed by atoms with E-state index in [9.17, 15) is 23.9 Å². The van der Waals surface area contributed by atoms with Gasteiger partial charge < -0.3 is 36.5 Å². The van der Waals surface area contributed by atoms with Crippen molar-refractivity contribution in [2.24, 2.45) is 11.7 Å². The number of aromatic nitrogens is 1. The van der Waals surface area contributed by atoms with Crippen molar-refractivity contribution in [1.29, 1.82) is 0 Å². The first-order chi connectivity index (χ1) is 24.3. The monoisotopic (exact) mass is 755 g/mol. The number of thiocarbonyl (C=S) groups is 1.